The van der Waals surface area contributed by atoms with Gasteiger partial charge in [0, 0.05) is 6.04 Å². The van der Waals surface area contributed by atoms with E-state index in [1.165, 1.54) is 0 Å². The quantitative estimate of drug-likeness (QED) is 0.765. The van der Waals surface area contributed by atoms with E-state index >= 15 is 0 Å². The van der Waals surface area contributed by atoms with Gasteiger partial charge >= 0.3 is 0 Å². The molecule has 0 spiro atoms. The van der Waals surface area contributed by atoms with E-state index in [9.17, 15) is 4.79 Å². The van der Waals surface area contributed by atoms with Gasteiger partial charge in [0.05, 0.1) is 5.41 Å². The summed E-state index contributed by atoms with van der Waals surface area (Å²) in [6, 6.07) is 0.293. The van der Waals surface area contributed by atoms with Crippen LogP contribution in [0, 0.1) is 11.3 Å². The molecule has 18 heavy (non-hydrogen) atoms. The third-order valence-electron chi connectivity index (χ3n) is 3.97. The van der Waals surface area contributed by atoms with Crippen molar-refractivity contribution < 1.29 is 4.79 Å². The molecule has 3 heteroatoms. The highest BCUT2D eigenvalue weighted by atomic mass is 16.2. The Hall–Kier alpha value is -0.570. The topological polar surface area (TPSA) is 41.1 Å². The van der Waals surface area contributed by atoms with Crippen LogP contribution >= 0.6 is 0 Å². The molecule has 1 atom stereocenters. The summed E-state index contributed by atoms with van der Waals surface area (Å²) < 4.78 is 0. The lowest BCUT2D eigenvalue weighted by molar-refractivity contribution is -0.133. The van der Waals surface area contributed by atoms with Gasteiger partial charge in [0.15, 0.2) is 0 Å². The second kappa shape index (κ2) is 7.13. The predicted molar refractivity (Wildman–Crippen MR) is 76.5 cm³/mol. The van der Waals surface area contributed by atoms with Crippen molar-refractivity contribution in [1.82, 2.24) is 10.6 Å². The molecule has 3 nitrogen and oxygen atoms in total. The number of nitrogens with one attached hydrogen (secondary N) is 2. The molecule has 1 saturated heterocycles. The summed E-state index contributed by atoms with van der Waals surface area (Å²) in [6.45, 7) is 10.7. The first kappa shape index (κ1) is 15.5. The van der Waals surface area contributed by atoms with Crippen LogP contribution in [0.3, 0.4) is 0 Å². The van der Waals surface area contributed by atoms with Gasteiger partial charge in [-0.2, -0.15) is 0 Å². The minimum atomic E-state index is -0.106. The van der Waals surface area contributed by atoms with E-state index in [0.717, 1.165) is 45.2 Å². The molecule has 1 fully saturated rings. The predicted octanol–water partition coefficient (Wildman–Crippen LogP) is 2.71. The zero-order chi connectivity index (χ0) is 13.6. The maximum absolute atomic E-state index is 12.6. The molecule has 1 heterocycles. The van der Waals surface area contributed by atoms with E-state index in [0.29, 0.717) is 17.9 Å². The summed E-state index contributed by atoms with van der Waals surface area (Å²) >= 11 is 0. The SMILES string of the molecule is CCCC1(C(=O)NC(C)CC(C)C)CCNCC1. The average Bonchev–Trinajstić information content (AvgIpc) is 2.29. The van der Waals surface area contributed by atoms with Crippen LogP contribution in [-0.4, -0.2) is 25.0 Å². The van der Waals surface area contributed by atoms with Gasteiger partial charge in [-0.3, -0.25) is 4.79 Å². The fraction of sp³-hybridized carbons (Fsp3) is 0.933. The van der Waals surface area contributed by atoms with E-state index in [-0.39, 0.29) is 5.41 Å². The maximum atomic E-state index is 12.6. The number of carbonyl (C=O) groups excluding carboxylic acids is 1. The first-order valence-electron chi connectivity index (χ1n) is 7.52. The maximum Gasteiger partial charge on any atom is 0.226 e. The van der Waals surface area contributed by atoms with E-state index in [1.54, 1.807) is 0 Å². The molecule has 0 aromatic carbocycles. The molecule has 1 amide bonds. The lowest BCUT2D eigenvalue weighted by atomic mass is 9.74. The Kier molecular flexibility index (Phi) is 6.13. The lowest BCUT2D eigenvalue weighted by Crippen LogP contribution is -2.49. The number of carbonyl (C=O) groups is 1. The Balaban J connectivity index is 2.59. The molecule has 1 rings (SSSR count). The second-order valence-electron chi connectivity index (χ2n) is 6.28. The van der Waals surface area contributed by atoms with E-state index < -0.39 is 0 Å². The van der Waals surface area contributed by atoms with Crippen LogP contribution in [0.4, 0.5) is 0 Å². The zero-order valence-corrected chi connectivity index (χ0v) is 12.5. The van der Waals surface area contributed by atoms with E-state index in [2.05, 4.69) is 38.3 Å². The van der Waals surface area contributed by atoms with Gasteiger partial charge in [0.25, 0.3) is 0 Å². The Labute approximate surface area is 112 Å². The van der Waals surface area contributed by atoms with Crippen LogP contribution in [0.1, 0.15) is 59.8 Å². The Morgan fingerprint density at radius 3 is 2.39 bits per heavy atom. The Morgan fingerprint density at radius 1 is 1.28 bits per heavy atom. The minimum absolute atomic E-state index is 0.106. The van der Waals surface area contributed by atoms with Gasteiger partial charge in [0.1, 0.15) is 0 Å². The second-order valence-corrected chi connectivity index (χ2v) is 6.28. The van der Waals surface area contributed by atoms with Crippen molar-refractivity contribution in [3.05, 3.63) is 0 Å². The van der Waals surface area contributed by atoms with Gasteiger partial charge in [-0.1, -0.05) is 27.2 Å². The van der Waals surface area contributed by atoms with Crippen LogP contribution in [0.15, 0.2) is 0 Å². The van der Waals surface area contributed by atoms with Crippen molar-refractivity contribution in [2.24, 2.45) is 11.3 Å². The first-order valence-corrected chi connectivity index (χ1v) is 7.52. The van der Waals surface area contributed by atoms with Crippen LogP contribution in [0.2, 0.25) is 0 Å². The van der Waals surface area contributed by atoms with Crippen LogP contribution in [0.25, 0.3) is 0 Å². The van der Waals surface area contributed by atoms with Crippen molar-refractivity contribution in [3.63, 3.8) is 0 Å². The van der Waals surface area contributed by atoms with Crippen LogP contribution in [0.5, 0.6) is 0 Å². The molecule has 0 aliphatic carbocycles. The fourth-order valence-electron chi connectivity index (χ4n) is 3.12. The average molecular weight is 254 g/mol. The molecule has 1 aliphatic rings. The molecule has 0 aromatic rings. The molecule has 0 aromatic heterocycles. The molecule has 0 radical (unpaired) electrons. The van der Waals surface area contributed by atoms with Crippen molar-refractivity contribution in [2.75, 3.05) is 13.1 Å². The van der Waals surface area contributed by atoms with Crippen molar-refractivity contribution in [1.29, 1.82) is 0 Å². The first-order chi connectivity index (χ1) is 8.50. The molecular formula is C15H30N2O. The largest absolute Gasteiger partial charge is 0.353 e. The van der Waals surface area contributed by atoms with Gasteiger partial charge in [0.2, 0.25) is 5.91 Å². The minimum Gasteiger partial charge on any atom is -0.353 e. The monoisotopic (exact) mass is 254 g/mol. The number of amides is 1. The molecule has 106 valence electrons. The lowest BCUT2D eigenvalue weighted by Gasteiger charge is -2.37. The molecule has 0 bridgehead atoms. The van der Waals surface area contributed by atoms with Gasteiger partial charge in [-0.05, 0) is 51.6 Å². The van der Waals surface area contributed by atoms with Gasteiger partial charge < -0.3 is 10.6 Å². The van der Waals surface area contributed by atoms with Gasteiger partial charge in [-0.15, -0.1) is 0 Å². The summed E-state index contributed by atoms with van der Waals surface area (Å²) in [5.74, 6) is 0.925. The summed E-state index contributed by atoms with van der Waals surface area (Å²) in [7, 11) is 0. The summed E-state index contributed by atoms with van der Waals surface area (Å²) in [4.78, 5) is 12.6. The van der Waals surface area contributed by atoms with Crippen molar-refractivity contribution in [2.45, 2.75) is 65.8 Å². The molecule has 0 saturated carbocycles. The van der Waals surface area contributed by atoms with E-state index in [4.69, 9.17) is 0 Å². The van der Waals surface area contributed by atoms with Crippen LogP contribution in [-0.2, 0) is 4.79 Å². The van der Waals surface area contributed by atoms with E-state index in [1.807, 2.05) is 0 Å². The van der Waals surface area contributed by atoms with Crippen LogP contribution < -0.4 is 10.6 Å². The molecule has 1 unspecified atom stereocenters. The normalized spacial score (nSPS) is 20.7. The number of rotatable bonds is 6. The number of hydrogen-bond donors (Lipinski definition) is 2. The molecular weight excluding hydrogens is 224 g/mol. The van der Waals surface area contributed by atoms with Crippen molar-refractivity contribution >= 4 is 5.91 Å². The third-order valence-corrected chi connectivity index (χ3v) is 3.97. The highest BCUT2D eigenvalue weighted by Gasteiger charge is 2.38. The fourth-order valence-corrected chi connectivity index (χ4v) is 3.12. The smallest absolute Gasteiger partial charge is 0.226 e. The Bertz CT molecular complexity index is 252. The summed E-state index contributed by atoms with van der Waals surface area (Å²) in [5, 5.41) is 6.60. The number of hydrogen-bond acceptors (Lipinski definition) is 2. The number of piperidine rings is 1. The highest BCUT2D eigenvalue weighted by molar-refractivity contribution is 5.83. The zero-order valence-electron chi connectivity index (χ0n) is 12.5. The van der Waals surface area contributed by atoms with Gasteiger partial charge in [-0.25, -0.2) is 0 Å². The Morgan fingerprint density at radius 2 is 1.89 bits per heavy atom. The third kappa shape index (κ3) is 4.27. The summed E-state index contributed by atoms with van der Waals surface area (Å²) in [5.41, 5.74) is -0.106. The van der Waals surface area contributed by atoms with Crippen molar-refractivity contribution in [3.8, 4) is 0 Å². The standard InChI is InChI=1S/C15H30N2O/c1-5-6-15(7-9-16-10-8-15)14(18)17-13(4)11-12(2)3/h12-13,16H,5-11H2,1-4H3,(H,17,18). The highest BCUT2D eigenvalue weighted by Crippen LogP contribution is 2.34. The summed E-state index contributed by atoms with van der Waals surface area (Å²) in [6.07, 6.45) is 5.15. The molecule has 2 N–H and O–H groups in total. The molecule has 1 aliphatic heterocycles.